The first-order valence-electron chi connectivity index (χ1n) is 4.35. The van der Waals surface area contributed by atoms with Gasteiger partial charge in [0.05, 0.1) is 6.67 Å². The van der Waals surface area contributed by atoms with Crippen molar-refractivity contribution in [3.8, 4) is 0 Å². The Labute approximate surface area is 80.7 Å². The van der Waals surface area contributed by atoms with Crippen molar-refractivity contribution in [2.24, 2.45) is 10.2 Å². The number of rotatable bonds is 2. The van der Waals surface area contributed by atoms with E-state index in [1.165, 1.54) is 12.3 Å². The fraction of sp³-hybridized carbons (Fsp3) is 0.500. The summed E-state index contributed by atoms with van der Waals surface area (Å²) < 4.78 is 0. The molecule has 1 amide bonds. The predicted molar refractivity (Wildman–Crippen MR) is 47.4 cm³/mol. The number of aldehydes is 1. The molecule has 2 aliphatic rings. The van der Waals surface area contributed by atoms with Crippen molar-refractivity contribution in [2.75, 3.05) is 19.8 Å². The van der Waals surface area contributed by atoms with E-state index < -0.39 is 5.54 Å². The Morgan fingerprint density at radius 2 is 2.50 bits per heavy atom. The van der Waals surface area contributed by atoms with Gasteiger partial charge < -0.3 is 4.90 Å². The highest BCUT2D eigenvalue weighted by Gasteiger charge is 2.41. The quantitative estimate of drug-likeness (QED) is 0.466. The first-order valence-corrected chi connectivity index (χ1v) is 4.35. The molecule has 1 unspecified atom stereocenters. The molecule has 2 aliphatic heterocycles. The number of carbonyl (C=O) groups is 2. The van der Waals surface area contributed by atoms with Gasteiger partial charge in [-0.3, -0.25) is 14.9 Å². The zero-order chi connectivity index (χ0) is 10.0. The molecule has 0 aromatic rings. The topological polar surface area (TPSA) is 74.1 Å². The van der Waals surface area contributed by atoms with Crippen molar-refractivity contribution in [1.29, 1.82) is 0 Å². The number of nitrogens with one attached hydrogen (secondary N) is 1. The highest BCUT2D eigenvalue weighted by Crippen LogP contribution is 2.20. The van der Waals surface area contributed by atoms with Crippen LogP contribution in [0, 0.1) is 0 Å². The number of nitrogens with zero attached hydrogens (tertiary/aromatic N) is 3. The summed E-state index contributed by atoms with van der Waals surface area (Å²) in [5.41, 5.74) is -1.40. The zero-order valence-corrected chi connectivity index (χ0v) is 7.51. The Bertz CT molecular complexity index is 305. The largest absolute Gasteiger partial charge is 0.326 e. The van der Waals surface area contributed by atoms with E-state index in [2.05, 4.69) is 15.5 Å². The average molecular weight is 194 g/mol. The molecule has 0 bridgehead atoms. The van der Waals surface area contributed by atoms with Crippen LogP contribution >= 0.6 is 0 Å². The monoisotopic (exact) mass is 194 g/mol. The lowest BCUT2D eigenvalue weighted by atomic mass is 10.0. The first kappa shape index (κ1) is 9.01. The van der Waals surface area contributed by atoms with Crippen LogP contribution in [0.5, 0.6) is 0 Å². The van der Waals surface area contributed by atoms with E-state index in [-0.39, 0.29) is 5.91 Å². The number of hydrogen-bond acceptors (Lipinski definition) is 5. The lowest BCUT2D eigenvalue weighted by Gasteiger charge is -2.21. The predicted octanol–water partition coefficient (Wildman–Crippen LogP) is -0.707. The maximum absolute atomic E-state index is 11.9. The van der Waals surface area contributed by atoms with Crippen LogP contribution < -0.4 is 5.32 Å². The van der Waals surface area contributed by atoms with Crippen LogP contribution in [0.3, 0.4) is 0 Å². The first-order chi connectivity index (χ1) is 6.78. The lowest BCUT2D eigenvalue weighted by molar-refractivity contribution is -0.136. The van der Waals surface area contributed by atoms with E-state index in [0.29, 0.717) is 19.5 Å². The van der Waals surface area contributed by atoms with Gasteiger partial charge in [0.2, 0.25) is 5.54 Å². The highest BCUT2D eigenvalue weighted by atomic mass is 16.2. The van der Waals surface area contributed by atoms with Crippen molar-refractivity contribution in [2.45, 2.75) is 5.54 Å². The van der Waals surface area contributed by atoms with E-state index in [1.54, 1.807) is 4.90 Å². The van der Waals surface area contributed by atoms with E-state index >= 15 is 0 Å². The smallest absolute Gasteiger partial charge is 0.265 e. The summed E-state index contributed by atoms with van der Waals surface area (Å²) in [5.74, 6) is -0.310. The van der Waals surface area contributed by atoms with Crippen molar-refractivity contribution in [3.05, 3.63) is 12.3 Å². The molecule has 1 saturated heterocycles. The van der Waals surface area contributed by atoms with Crippen LogP contribution in [0.4, 0.5) is 0 Å². The van der Waals surface area contributed by atoms with Gasteiger partial charge in [-0.2, -0.15) is 10.2 Å². The van der Waals surface area contributed by atoms with E-state index in [9.17, 15) is 9.59 Å². The third kappa shape index (κ3) is 1.24. The number of hydrogen-bond donors (Lipinski definition) is 1. The second-order valence-electron chi connectivity index (χ2n) is 3.20. The van der Waals surface area contributed by atoms with Crippen LogP contribution in [0.15, 0.2) is 22.5 Å². The summed E-state index contributed by atoms with van der Waals surface area (Å²) in [6, 6.07) is 0. The van der Waals surface area contributed by atoms with Gasteiger partial charge in [-0.15, -0.1) is 0 Å². The molecule has 14 heavy (non-hydrogen) atoms. The SMILES string of the molecule is O=CC1(C(=O)N2CCNC2)C=CN=N1. The molecule has 0 radical (unpaired) electrons. The van der Waals surface area contributed by atoms with E-state index in [4.69, 9.17) is 0 Å². The second kappa shape index (κ2) is 3.30. The molecule has 6 nitrogen and oxygen atoms in total. The molecular weight excluding hydrogens is 184 g/mol. The van der Waals surface area contributed by atoms with Crippen molar-refractivity contribution < 1.29 is 9.59 Å². The number of azo groups is 1. The molecule has 0 aromatic carbocycles. The molecule has 0 spiro atoms. The molecule has 2 heterocycles. The Morgan fingerprint density at radius 1 is 1.64 bits per heavy atom. The molecule has 1 fully saturated rings. The average Bonchev–Trinajstić information content (AvgIpc) is 2.89. The molecule has 2 rings (SSSR count). The van der Waals surface area contributed by atoms with Gasteiger partial charge in [0.25, 0.3) is 5.91 Å². The molecule has 6 heteroatoms. The van der Waals surface area contributed by atoms with Crippen LogP contribution in [-0.4, -0.2) is 42.4 Å². The van der Waals surface area contributed by atoms with Crippen LogP contribution in [0.25, 0.3) is 0 Å². The van der Waals surface area contributed by atoms with Gasteiger partial charge in [-0.1, -0.05) is 0 Å². The van der Waals surface area contributed by atoms with Gasteiger partial charge in [0, 0.05) is 19.3 Å². The summed E-state index contributed by atoms with van der Waals surface area (Å²) in [6.07, 6.45) is 3.32. The molecular formula is C8H10N4O2. The van der Waals surface area contributed by atoms with Gasteiger partial charge in [0.1, 0.15) is 0 Å². The lowest BCUT2D eigenvalue weighted by Crippen LogP contribution is -2.46. The zero-order valence-electron chi connectivity index (χ0n) is 7.51. The normalized spacial score (nSPS) is 29.9. The second-order valence-corrected chi connectivity index (χ2v) is 3.20. The maximum atomic E-state index is 11.9. The summed E-state index contributed by atoms with van der Waals surface area (Å²) >= 11 is 0. The molecule has 1 atom stereocenters. The van der Waals surface area contributed by atoms with Crippen molar-refractivity contribution >= 4 is 12.2 Å². The van der Waals surface area contributed by atoms with E-state index in [1.807, 2.05) is 0 Å². The van der Waals surface area contributed by atoms with Crippen LogP contribution in [-0.2, 0) is 9.59 Å². The van der Waals surface area contributed by atoms with Gasteiger partial charge in [0.15, 0.2) is 6.29 Å². The van der Waals surface area contributed by atoms with Crippen molar-refractivity contribution in [3.63, 3.8) is 0 Å². The molecule has 1 N–H and O–H groups in total. The Morgan fingerprint density at radius 3 is 3.00 bits per heavy atom. The number of amides is 1. The Kier molecular flexibility index (Phi) is 2.12. The van der Waals surface area contributed by atoms with E-state index in [0.717, 1.165) is 6.54 Å². The third-order valence-electron chi connectivity index (χ3n) is 2.29. The fourth-order valence-corrected chi connectivity index (χ4v) is 1.47. The molecule has 0 aromatic heterocycles. The van der Waals surface area contributed by atoms with Crippen LogP contribution in [0.1, 0.15) is 0 Å². The highest BCUT2D eigenvalue weighted by molar-refractivity contribution is 6.04. The molecule has 0 saturated carbocycles. The molecule has 0 aliphatic carbocycles. The summed E-state index contributed by atoms with van der Waals surface area (Å²) in [7, 11) is 0. The summed E-state index contributed by atoms with van der Waals surface area (Å²) in [4.78, 5) is 24.3. The molecule has 74 valence electrons. The van der Waals surface area contributed by atoms with Gasteiger partial charge >= 0.3 is 0 Å². The maximum Gasteiger partial charge on any atom is 0.265 e. The minimum Gasteiger partial charge on any atom is -0.326 e. The van der Waals surface area contributed by atoms with Gasteiger partial charge in [-0.25, -0.2) is 0 Å². The summed E-state index contributed by atoms with van der Waals surface area (Å²) in [6.45, 7) is 1.83. The Balaban J connectivity index is 2.19. The third-order valence-corrected chi connectivity index (χ3v) is 2.29. The van der Waals surface area contributed by atoms with Crippen molar-refractivity contribution in [1.82, 2.24) is 10.2 Å². The fourth-order valence-electron chi connectivity index (χ4n) is 1.47. The minimum atomic E-state index is -1.40. The van der Waals surface area contributed by atoms with Gasteiger partial charge in [-0.05, 0) is 6.08 Å². The Hall–Kier alpha value is -1.56. The number of carbonyl (C=O) groups excluding carboxylic acids is 2. The van der Waals surface area contributed by atoms with Crippen LogP contribution in [0.2, 0.25) is 0 Å². The minimum absolute atomic E-state index is 0.310. The summed E-state index contributed by atoms with van der Waals surface area (Å²) in [5, 5.41) is 10.2. The standard InChI is InChI=1S/C8H10N4O2/c13-5-8(1-2-10-11-8)7(14)12-4-3-9-6-12/h1-2,5,9H,3-4,6H2.